The maximum Gasteiger partial charge on any atom is 0.273 e. The maximum absolute atomic E-state index is 12.9. The fraction of sp³-hybridized carbons (Fsp3) is 0.519. The minimum Gasteiger partial charge on any atom is -0.493 e. The molecule has 2 aliphatic rings. The smallest absolute Gasteiger partial charge is 0.273 e. The largest absolute Gasteiger partial charge is 0.493 e. The summed E-state index contributed by atoms with van der Waals surface area (Å²) in [5.74, 6) is 1.46. The quantitative estimate of drug-likeness (QED) is 0.418. The molecule has 2 saturated heterocycles. The second-order valence-electron chi connectivity index (χ2n) is 10.2. The molecule has 0 N–H and O–H groups in total. The number of nitro benzene ring substituents is 1. The first-order chi connectivity index (χ1) is 16.3. The van der Waals surface area contributed by atoms with Crippen LogP contribution in [0.25, 0.3) is 0 Å². The van der Waals surface area contributed by atoms with E-state index >= 15 is 0 Å². The van der Waals surface area contributed by atoms with Gasteiger partial charge in [0.05, 0.1) is 18.0 Å². The van der Waals surface area contributed by atoms with Crippen LogP contribution in [0.2, 0.25) is 0 Å². The number of likely N-dealkylation sites (tertiary alicyclic amines) is 2. The van der Waals surface area contributed by atoms with Gasteiger partial charge in [-0.1, -0.05) is 50.2 Å². The van der Waals surface area contributed by atoms with Gasteiger partial charge in [-0.2, -0.15) is 0 Å². The van der Waals surface area contributed by atoms with Crippen LogP contribution in [0.15, 0.2) is 48.5 Å². The molecule has 1 spiro atoms. The lowest BCUT2D eigenvalue weighted by molar-refractivity contribution is -0.385. The van der Waals surface area contributed by atoms with E-state index in [1.165, 1.54) is 11.6 Å². The summed E-state index contributed by atoms with van der Waals surface area (Å²) in [6.45, 7) is 9.42. The van der Waals surface area contributed by atoms with Crippen molar-refractivity contribution >= 4 is 11.6 Å². The molecule has 4 rings (SSSR count). The predicted octanol–water partition coefficient (Wildman–Crippen LogP) is 4.69. The molecule has 7 heteroatoms. The van der Waals surface area contributed by atoms with Crippen LogP contribution in [-0.4, -0.2) is 53.4 Å². The van der Waals surface area contributed by atoms with Gasteiger partial charge in [0.1, 0.15) is 5.75 Å². The first-order valence-corrected chi connectivity index (χ1v) is 12.3. The summed E-state index contributed by atoms with van der Waals surface area (Å²) in [5, 5.41) is 11.3. The molecule has 0 aromatic heterocycles. The van der Waals surface area contributed by atoms with E-state index in [9.17, 15) is 14.9 Å². The number of para-hydroxylation sites is 2. The van der Waals surface area contributed by atoms with Gasteiger partial charge in [-0.05, 0) is 49.8 Å². The van der Waals surface area contributed by atoms with E-state index in [1.807, 2.05) is 11.0 Å². The number of benzene rings is 2. The fourth-order valence-electron chi connectivity index (χ4n) is 5.13. The summed E-state index contributed by atoms with van der Waals surface area (Å²) < 4.78 is 6.03. The van der Waals surface area contributed by atoms with Gasteiger partial charge in [0.25, 0.3) is 5.69 Å². The topological polar surface area (TPSA) is 75.9 Å². The van der Waals surface area contributed by atoms with Crippen molar-refractivity contribution in [3.05, 3.63) is 69.8 Å². The first-order valence-electron chi connectivity index (χ1n) is 12.3. The lowest BCUT2D eigenvalue weighted by Gasteiger charge is -2.39. The molecule has 0 saturated carbocycles. The van der Waals surface area contributed by atoms with Gasteiger partial charge < -0.3 is 9.64 Å². The van der Waals surface area contributed by atoms with Gasteiger partial charge in [0.2, 0.25) is 5.91 Å². The molecule has 7 nitrogen and oxygen atoms in total. The highest BCUT2D eigenvalue weighted by Gasteiger charge is 2.42. The van der Waals surface area contributed by atoms with Gasteiger partial charge >= 0.3 is 0 Å². The standard InChI is InChI=1S/C27H35N3O4/c1-21(2)19-34-25-10-6-4-8-23(25)18-28-14-11-27(12-15-28)13-16-29(20-27)26(31)17-22-7-3-5-9-24(22)30(32)33/h3-10,21H,11-20H2,1-2H3. The van der Waals surface area contributed by atoms with Crippen molar-refractivity contribution in [2.24, 2.45) is 11.3 Å². The number of amides is 1. The predicted molar refractivity (Wildman–Crippen MR) is 132 cm³/mol. The highest BCUT2D eigenvalue weighted by Crippen LogP contribution is 2.41. The molecule has 0 aliphatic carbocycles. The summed E-state index contributed by atoms with van der Waals surface area (Å²) in [4.78, 5) is 28.2. The monoisotopic (exact) mass is 465 g/mol. The Morgan fingerprint density at radius 1 is 1.03 bits per heavy atom. The van der Waals surface area contributed by atoms with Crippen molar-refractivity contribution in [2.75, 3.05) is 32.8 Å². The highest BCUT2D eigenvalue weighted by molar-refractivity contribution is 5.80. The van der Waals surface area contributed by atoms with Crippen LogP contribution in [0, 0.1) is 21.4 Å². The van der Waals surface area contributed by atoms with Gasteiger partial charge in [-0.3, -0.25) is 19.8 Å². The summed E-state index contributed by atoms with van der Waals surface area (Å²) in [6, 6.07) is 14.8. The SMILES string of the molecule is CC(C)COc1ccccc1CN1CCC2(CC1)CCN(C(=O)Cc1ccccc1[N+](=O)[O-])C2. The second-order valence-corrected chi connectivity index (χ2v) is 10.2. The molecule has 0 unspecified atom stereocenters. The van der Waals surface area contributed by atoms with Crippen LogP contribution >= 0.6 is 0 Å². The lowest BCUT2D eigenvalue weighted by atomic mass is 9.77. The minimum atomic E-state index is -0.407. The van der Waals surface area contributed by atoms with Crippen LogP contribution in [-0.2, 0) is 17.8 Å². The van der Waals surface area contributed by atoms with Crippen LogP contribution in [0.1, 0.15) is 44.2 Å². The van der Waals surface area contributed by atoms with E-state index in [2.05, 4.69) is 36.9 Å². The molecule has 34 heavy (non-hydrogen) atoms. The van der Waals surface area contributed by atoms with Gasteiger partial charge in [-0.15, -0.1) is 0 Å². The summed E-state index contributed by atoms with van der Waals surface area (Å²) in [6.07, 6.45) is 3.23. The second kappa shape index (κ2) is 10.6. The van der Waals surface area contributed by atoms with Crippen LogP contribution < -0.4 is 4.74 Å². The number of hydrogen-bond acceptors (Lipinski definition) is 5. The summed E-state index contributed by atoms with van der Waals surface area (Å²) in [5.41, 5.74) is 1.91. The number of nitro groups is 1. The zero-order valence-corrected chi connectivity index (χ0v) is 20.2. The number of ether oxygens (including phenoxy) is 1. The fourth-order valence-corrected chi connectivity index (χ4v) is 5.13. The average molecular weight is 466 g/mol. The van der Waals surface area contributed by atoms with Gasteiger partial charge in [-0.25, -0.2) is 0 Å². The van der Waals surface area contributed by atoms with Gasteiger partial charge in [0.15, 0.2) is 0 Å². The Morgan fingerprint density at radius 3 is 2.38 bits per heavy atom. The van der Waals surface area contributed by atoms with Crippen LogP contribution in [0.5, 0.6) is 5.75 Å². The summed E-state index contributed by atoms with van der Waals surface area (Å²) >= 11 is 0. The molecular formula is C27H35N3O4. The van der Waals surface area contributed by atoms with Crippen LogP contribution in [0.4, 0.5) is 5.69 Å². The highest BCUT2D eigenvalue weighted by atomic mass is 16.6. The zero-order valence-electron chi connectivity index (χ0n) is 20.2. The molecule has 2 aromatic rings. The molecule has 0 bridgehead atoms. The molecule has 2 fully saturated rings. The van der Waals surface area contributed by atoms with Crippen molar-refractivity contribution in [3.8, 4) is 5.75 Å². The van der Waals surface area contributed by atoms with E-state index in [0.29, 0.717) is 11.5 Å². The molecule has 1 amide bonds. The molecule has 0 atom stereocenters. The Kier molecular flexibility index (Phi) is 7.51. The number of rotatable bonds is 8. The van der Waals surface area contributed by atoms with Crippen molar-refractivity contribution in [1.29, 1.82) is 0 Å². The third-order valence-electron chi connectivity index (χ3n) is 7.18. The van der Waals surface area contributed by atoms with Crippen molar-refractivity contribution < 1.29 is 14.5 Å². The number of nitrogens with zero attached hydrogens (tertiary/aromatic N) is 3. The average Bonchev–Trinajstić information content (AvgIpc) is 3.24. The van der Waals surface area contributed by atoms with Crippen molar-refractivity contribution in [1.82, 2.24) is 9.80 Å². The van der Waals surface area contributed by atoms with Crippen LogP contribution in [0.3, 0.4) is 0 Å². The number of carbonyl (C=O) groups is 1. The van der Waals surface area contributed by atoms with Crippen molar-refractivity contribution in [2.45, 2.75) is 46.1 Å². The van der Waals surface area contributed by atoms with Gasteiger partial charge in [0, 0.05) is 36.8 Å². The van der Waals surface area contributed by atoms with E-state index in [0.717, 1.165) is 64.3 Å². The van der Waals surface area contributed by atoms with E-state index in [4.69, 9.17) is 4.74 Å². The first kappa shape index (κ1) is 24.2. The van der Waals surface area contributed by atoms with E-state index in [-0.39, 0.29) is 23.4 Å². The Morgan fingerprint density at radius 2 is 1.68 bits per heavy atom. The lowest BCUT2D eigenvalue weighted by Crippen LogP contribution is -2.42. The third-order valence-corrected chi connectivity index (χ3v) is 7.18. The molecule has 182 valence electrons. The maximum atomic E-state index is 12.9. The number of piperidine rings is 1. The zero-order chi connectivity index (χ0) is 24.1. The third kappa shape index (κ3) is 5.76. The Labute approximate surface area is 201 Å². The number of hydrogen-bond donors (Lipinski definition) is 0. The summed E-state index contributed by atoms with van der Waals surface area (Å²) in [7, 11) is 0. The van der Waals surface area contributed by atoms with E-state index < -0.39 is 4.92 Å². The minimum absolute atomic E-state index is 0.00941. The van der Waals surface area contributed by atoms with Crippen molar-refractivity contribution in [3.63, 3.8) is 0 Å². The molecule has 2 aliphatic heterocycles. The molecule has 2 aromatic carbocycles. The van der Waals surface area contributed by atoms with E-state index in [1.54, 1.807) is 18.2 Å². The molecular weight excluding hydrogens is 430 g/mol. The normalized spacial score (nSPS) is 17.9. The molecule has 2 heterocycles. The Hall–Kier alpha value is -2.93. The Bertz CT molecular complexity index is 1010. The molecule has 0 radical (unpaired) electrons. The number of carbonyl (C=O) groups excluding carboxylic acids is 1. The Balaban J connectivity index is 1.31.